The molecule has 0 bridgehead atoms. The first kappa shape index (κ1) is 14.4. The number of aryl methyl sites for hydroxylation is 2. The fourth-order valence-corrected chi connectivity index (χ4v) is 4.28. The molecule has 0 saturated carbocycles. The van der Waals surface area contributed by atoms with E-state index in [2.05, 4.69) is 62.4 Å². The van der Waals surface area contributed by atoms with Crippen molar-refractivity contribution in [1.82, 2.24) is 19.9 Å². The quantitative estimate of drug-likeness (QED) is 0.447. The van der Waals surface area contributed by atoms with Crippen LogP contribution in [0.1, 0.15) is 11.6 Å². The monoisotopic (exact) mass is 344 g/mol. The summed E-state index contributed by atoms with van der Waals surface area (Å²) in [5, 5.41) is 1.25. The summed E-state index contributed by atoms with van der Waals surface area (Å²) in [7, 11) is 0. The van der Waals surface area contributed by atoms with E-state index in [1.54, 1.807) is 11.3 Å². The molecule has 122 valence electrons. The van der Waals surface area contributed by atoms with E-state index in [-0.39, 0.29) is 0 Å². The van der Waals surface area contributed by atoms with Crippen molar-refractivity contribution in [3.63, 3.8) is 0 Å². The molecule has 0 aliphatic rings. The minimum absolute atomic E-state index is 0.933. The Kier molecular flexibility index (Phi) is 3.05. The summed E-state index contributed by atoms with van der Waals surface area (Å²) in [6.45, 7) is 3.95. The summed E-state index contributed by atoms with van der Waals surface area (Å²) in [4.78, 5) is 16.7. The lowest BCUT2D eigenvalue weighted by atomic mass is 10.1. The molecule has 5 aromatic rings. The second-order valence-electron chi connectivity index (χ2n) is 6.30. The number of imidazole rings is 2. The number of hydrogen-bond acceptors (Lipinski definition) is 3. The number of nitrogens with zero attached hydrogens (tertiary/aromatic N) is 2. The van der Waals surface area contributed by atoms with Crippen molar-refractivity contribution >= 4 is 32.5 Å². The predicted molar refractivity (Wildman–Crippen MR) is 104 cm³/mol. The number of aromatic nitrogens is 4. The highest BCUT2D eigenvalue weighted by atomic mass is 32.1. The third kappa shape index (κ3) is 2.44. The molecule has 0 aliphatic carbocycles. The second kappa shape index (κ2) is 5.29. The average molecular weight is 344 g/mol. The van der Waals surface area contributed by atoms with Gasteiger partial charge in [0.25, 0.3) is 0 Å². The Labute approximate surface area is 148 Å². The van der Waals surface area contributed by atoms with Gasteiger partial charge in [-0.3, -0.25) is 0 Å². The van der Waals surface area contributed by atoms with E-state index in [0.29, 0.717) is 0 Å². The number of aromatic amines is 2. The van der Waals surface area contributed by atoms with Crippen LogP contribution in [-0.4, -0.2) is 19.9 Å². The third-order valence-electron chi connectivity index (χ3n) is 4.42. The van der Waals surface area contributed by atoms with Crippen LogP contribution in [0.2, 0.25) is 0 Å². The molecule has 0 unspecified atom stereocenters. The second-order valence-corrected chi connectivity index (χ2v) is 7.38. The molecule has 0 radical (unpaired) electrons. The van der Waals surface area contributed by atoms with Crippen LogP contribution < -0.4 is 0 Å². The van der Waals surface area contributed by atoms with E-state index in [0.717, 1.165) is 33.9 Å². The number of rotatable bonds is 2. The molecule has 25 heavy (non-hydrogen) atoms. The van der Waals surface area contributed by atoms with Crippen LogP contribution in [-0.2, 0) is 0 Å². The van der Waals surface area contributed by atoms with Gasteiger partial charge in [0.05, 0.1) is 22.9 Å². The summed E-state index contributed by atoms with van der Waals surface area (Å²) in [6, 6.07) is 15.2. The van der Waals surface area contributed by atoms with Gasteiger partial charge >= 0.3 is 0 Å². The molecule has 3 aromatic heterocycles. The highest BCUT2D eigenvalue weighted by molar-refractivity contribution is 7.22. The maximum atomic E-state index is 4.53. The molecule has 0 atom stereocenters. The summed E-state index contributed by atoms with van der Waals surface area (Å²) in [6.07, 6.45) is 1.88. The Hall–Kier alpha value is -2.92. The number of benzene rings is 2. The van der Waals surface area contributed by atoms with Crippen molar-refractivity contribution < 1.29 is 0 Å². The summed E-state index contributed by atoms with van der Waals surface area (Å²) < 4.78 is 1.27. The van der Waals surface area contributed by atoms with Crippen molar-refractivity contribution in [2.45, 2.75) is 13.8 Å². The average Bonchev–Trinajstić information content (AvgIpc) is 3.29. The standard InChI is InChI=1S/C20H16N4S/c1-11-21-10-18(22-11)13-3-5-14(6-4-13)19-8-15-7-16-17(9-20(15)25-19)24-12(2)23-16/h3-10H,1-2H3,(H,21,22)(H,23,24). The van der Waals surface area contributed by atoms with Crippen molar-refractivity contribution in [2.24, 2.45) is 0 Å². The number of thiophene rings is 1. The van der Waals surface area contributed by atoms with E-state index in [1.165, 1.54) is 20.5 Å². The highest BCUT2D eigenvalue weighted by Gasteiger charge is 2.09. The zero-order valence-electron chi connectivity index (χ0n) is 13.9. The van der Waals surface area contributed by atoms with E-state index < -0.39 is 0 Å². The fraction of sp³-hybridized carbons (Fsp3) is 0.100. The number of H-pyrrole nitrogens is 2. The minimum atomic E-state index is 0.933. The minimum Gasteiger partial charge on any atom is -0.342 e. The fourth-order valence-electron chi connectivity index (χ4n) is 3.20. The van der Waals surface area contributed by atoms with Gasteiger partial charge < -0.3 is 9.97 Å². The smallest absolute Gasteiger partial charge is 0.104 e. The molecule has 4 nitrogen and oxygen atoms in total. The van der Waals surface area contributed by atoms with Gasteiger partial charge in [0.2, 0.25) is 0 Å². The van der Waals surface area contributed by atoms with Crippen molar-refractivity contribution in [3.05, 3.63) is 60.3 Å². The first-order chi connectivity index (χ1) is 12.2. The molecule has 3 heterocycles. The van der Waals surface area contributed by atoms with Crippen LogP contribution in [0.3, 0.4) is 0 Å². The molecule has 0 aliphatic heterocycles. The van der Waals surface area contributed by atoms with Gasteiger partial charge in [0, 0.05) is 9.58 Å². The van der Waals surface area contributed by atoms with Gasteiger partial charge in [-0.05, 0) is 48.6 Å². The van der Waals surface area contributed by atoms with E-state index in [4.69, 9.17) is 0 Å². The first-order valence-corrected chi connectivity index (χ1v) is 9.00. The highest BCUT2D eigenvalue weighted by Crippen LogP contribution is 2.36. The first-order valence-electron chi connectivity index (χ1n) is 8.18. The molecule has 0 saturated heterocycles. The normalized spacial score (nSPS) is 11.6. The molecule has 5 rings (SSSR count). The Morgan fingerprint density at radius 2 is 1.68 bits per heavy atom. The van der Waals surface area contributed by atoms with Gasteiger partial charge in [-0.25, -0.2) is 9.97 Å². The molecule has 0 spiro atoms. The molecular weight excluding hydrogens is 328 g/mol. The molecule has 0 fully saturated rings. The lowest BCUT2D eigenvalue weighted by Gasteiger charge is -2.00. The van der Waals surface area contributed by atoms with Gasteiger partial charge in [-0.2, -0.15) is 0 Å². The zero-order chi connectivity index (χ0) is 17.0. The lowest BCUT2D eigenvalue weighted by molar-refractivity contribution is 1.15. The number of fused-ring (bicyclic) bond motifs is 2. The largest absolute Gasteiger partial charge is 0.342 e. The summed E-state index contributed by atoms with van der Waals surface area (Å²) in [5.74, 6) is 1.89. The Morgan fingerprint density at radius 1 is 0.880 bits per heavy atom. The Morgan fingerprint density at radius 3 is 2.44 bits per heavy atom. The third-order valence-corrected chi connectivity index (χ3v) is 5.57. The van der Waals surface area contributed by atoms with Crippen molar-refractivity contribution in [2.75, 3.05) is 0 Å². The van der Waals surface area contributed by atoms with Crippen molar-refractivity contribution in [3.8, 4) is 21.7 Å². The maximum absolute atomic E-state index is 4.53. The van der Waals surface area contributed by atoms with Crippen LogP contribution in [0.25, 0.3) is 42.8 Å². The molecule has 0 amide bonds. The maximum Gasteiger partial charge on any atom is 0.104 e. The van der Waals surface area contributed by atoms with E-state index >= 15 is 0 Å². The lowest BCUT2D eigenvalue weighted by Crippen LogP contribution is -1.79. The van der Waals surface area contributed by atoms with Crippen LogP contribution in [0, 0.1) is 13.8 Å². The number of nitrogens with one attached hydrogen (secondary N) is 2. The van der Waals surface area contributed by atoms with Crippen molar-refractivity contribution in [1.29, 1.82) is 0 Å². The van der Waals surface area contributed by atoms with Crippen LogP contribution in [0.5, 0.6) is 0 Å². The Bertz CT molecular complexity index is 1160. The summed E-state index contributed by atoms with van der Waals surface area (Å²) in [5.41, 5.74) is 5.56. The van der Waals surface area contributed by atoms with Crippen LogP contribution >= 0.6 is 11.3 Å². The van der Waals surface area contributed by atoms with Gasteiger partial charge in [0.15, 0.2) is 0 Å². The van der Waals surface area contributed by atoms with Crippen LogP contribution in [0.15, 0.2) is 48.7 Å². The molecule has 2 aromatic carbocycles. The predicted octanol–water partition coefficient (Wildman–Crippen LogP) is 5.45. The number of hydrogen-bond donors (Lipinski definition) is 2. The van der Waals surface area contributed by atoms with Gasteiger partial charge in [0.1, 0.15) is 11.6 Å². The topological polar surface area (TPSA) is 57.4 Å². The zero-order valence-corrected chi connectivity index (χ0v) is 14.7. The van der Waals surface area contributed by atoms with Gasteiger partial charge in [-0.15, -0.1) is 11.3 Å². The van der Waals surface area contributed by atoms with Crippen LogP contribution in [0.4, 0.5) is 0 Å². The van der Waals surface area contributed by atoms with E-state index in [9.17, 15) is 0 Å². The van der Waals surface area contributed by atoms with Gasteiger partial charge in [-0.1, -0.05) is 24.3 Å². The molecule has 5 heteroatoms. The Balaban J connectivity index is 1.55. The van der Waals surface area contributed by atoms with E-state index in [1.807, 2.05) is 20.0 Å². The summed E-state index contributed by atoms with van der Waals surface area (Å²) >= 11 is 1.81. The SMILES string of the molecule is Cc1ncc(-c2ccc(-c3cc4cc5[nH]c(C)nc5cc4s3)cc2)[nH]1. The molecule has 2 N–H and O–H groups in total. The molecular formula is C20H16N4S.